The van der Waals surface area contributed by atoms with Crippen LogP contribution in [-0.4, -0.2) is 24.6 Å². The summed E-state index contributed by atoms with van der Waals surface area (Å²) in [5.74, 6) is 0.0187. The number of fused-ring (bicyclic) bond motifs is 1. The van der Waals surface area contributed by atoms with E-state index in [-0.39, 0.29) is 5.75 Å². The van der Waals surface area contributed by atoms with Crippen molar-refractivity contribution in [2.75, 3.05) is 6.26 Å². The standard InChI is InChI=1S/C10H10N2O2S/c1-15(13,14)7-8-5-9-3-2-4-11-10(9)12-6-8/h2-6H,7H2,1H3. The van der Waals surface area contributed by atoms with Crippen LogP contribution in [0.3, 0.4) is 0 Å². The molecule has 78 valence electrons. The van der Waals surface area contributed by atoms with Crippen LogP contribution in [0.1, 0.15) is 5.56 Å². The molecule has 0 fully saturated rings. The molecule has 0 aliphatic carbocycles. The largest absolute Gasteiger partial charge is 0.237 e. The third-order valence-electron chi connectivity index (χ3n) is 1.94. The molecule has 0 unspecified atom stereocenters. The Morgan fingerprint density at radius 3 is 2.87 bits per heavy atom. The van der Waals surface area contributed by atoms with Crippen LogP contribution in [0, 0.1) is 0 Å². The Balaban J connectivity index is 2.48. The molecule has 0 saturated heterocycles. The van der Waals surface area contributed by atoms with Crippen molar-refractivity contribution in [3.8, 4) is 0 Å². The van der Waals surface area contributed by atoms with Crippen molar-refractivity contribution in [2.45, 2.75) is 5.75 Å². The van der Waals surface area contributed by atoms with E-state index in [2.05, 4.69) is 9.97 Å². The van der Waals surface area contributed by atoms with Crippen molar-refractivity contribution < 1.29 is 8.42 Å². The fourth-order valence-corrected chi connectivity index (χ4v) is 2.16. The van der Waals surface area contributed by atoms with E-state index in [0.29, 0.717) is 11.2 Å². The minimum absolute atomic E-state index is 0.0187. The number of hydrogen-bond donors (Lipinski definition) is 0. The van der Waals surface area contributed by atoms with Gasteiger partial charge in [-0.05, 0) is 23.8 Å². The van der Waals surface area contributed by atoms with Gasteiger partial charge >= 0.3 is 0 Å². The van der Waals surface area contributed by atoms with Gasteiger partial charge in [0.15, 0.2) is 15.5 Å². The molecule has 0 aliphatic heterocycles. The van der Waals surface area contributed by atoms with Crippen LogP contribution in [0.5, 0.6) is 0 Å². The van der Waals surface area contributed by atoms with Crippen LogP contribution in [0.2, 0.25) is 0 Å². The highest BCUT2D eigenvalue weighted by Gasteiger charge is 2.05. The van der Waals surface area contributed by atoms with Gasteiger partial charge in [0.2, 0.25) is 0 Å². The number of rotatable bonds is 2. The van der Waals surface area contributed by atoms with Gasteiger partial charge < -0.3 is 0 Å². The molecule has 0 saturated carbocycles. The highest BCUT2D eigenvalue weighted by Crippen LogP contribution is 2.12. The van der Waals surface area contributed by atoms with Gasteiger partial charge in [-0.2, -0.15) is 0 Å². The Hall–Kier alpha value is -1.49. The molecule has 0 atom stereocenters. The third-order valence-corrected chi connectivity index (χ3v) is 2.80. The first kappa shape index (κ1) is 10.0. The maximum atomic E-state index is 11.1. The van der Waals surface area contributed by atoms with Crippen molar-refractivity contribution in [3.63, 3.8) is 0 Å². The van der Waals surface area contributed by atoms with Gasteiger partial charge in [0, 0.05) is 24.0 Å². The smallest absolute Gasteiger partial charge is 0.159 e. The predicted octanol–water partition coefficient (Wildman–Crippen LogP) is 1.17. The van der Waals surface area contributed by atoms with E-state index in [1.165, 1.54) is 6.26 Å². The summed E-state index contributed by atoms with van der Waals surface area (Å²) in [5, 5.41) is 0.860. The zero-order valence-electron chi connectivity index (χ0n) is 8.21. The highest BCUT2D eigenvalue weighted by molar-refractivity contribution is 7.89. The lowest BCUT2D eigenvalue weighted by molar-refractivity contribution is 0.601. The fraction of sp³-hybridized carbons (Fsp3) is 0.200. The predicted molar refractivity (Wildman–Crippen MR) is 58.1 cm³/mol. The van der Waals surface area contributed by atoms with E-state index in [1.807, 2.05) is 6.07 Å². The summed E-state index contributed by atoms with van der Waals surface area (Å²) in [6.07, 6.45) is 4.42. The summed E-state index contributed by atoms with van der Waals surface area (Å²) in [7, 11) is -3.01. The van der Waals surface area contributed by atoms with E-state index in [1.54, 1.807) is 24.5 Å². The number of aromatic nitrogens is 2. The molecule has 2 aromatic heterocycles. The maximum Gasteiger partial charge on any atom is 0.159 e. The van der Waals surface area contributed by atoms with Gasteiger partial charge in [0.05, 0.1) is 5.75 Å². The van der Waals surface area contributed by atoms with Gasteiger partial charge in [-0.3, -0.25) is 0 Å². The molecule has 15 heavy (non-hydrogen) atoms. The summed E-state index contributed by atoms with van der Waals surface area (Å²) >= 11 is 0. The minimum Gasteiger partial charge on any atom is -0.237 e. The molecule has 0 aromatic carbocycles. The lowest BCUT2D eigenvalue weighted by Gasteiger charge is -2.00. The van der Waals surface area contributed by atoms with Crippen molar-refractivity contribution in [1.29, 1.82) is 0 Å². The van der Waals surface area contributed by atoms with Crippen molar-refractivity contribution in [1.82, 2.24) is 9.97 Å². The molecule has 0 spiro atoms. The Morgan fingerprint density at radius 1 is 1.33 bits per heavy atom. The van der Waals surface area contributed by atoms with E-state index in [4.69, 9.17) is 0 Å². The quantitative estimate of drug-likeness (QED) is 0.765. The SMILES string of the molecule is CS(=O)(=O)Cc1cnc2ncccc2c1. The zero-order chi connectivity index (χ0) is 10.9. The number of pyridine rings is 2. The average molecular weight is 222 g/mol. The van der Waals surface area contributed by atoms with E-state index >= 15 is 0 Å². The van der Waals surface area contributed by atoms with Crippen LogP contribution in [0.25, 0.3) is 11.0 Å². The number of sulfone groups is 1. The lowest BCUT2D eigenvalue weighted by Crippen LogP contribution is -2.01. The fourth-order valence-electron chi connectivity index (χ4n) is 1.39. The molecular formula is C10H10N2O2S. The third kappa shape index (κ3) is 2.50. The summed E-state index contributed by atoms with van der Waals surface area (Å²) in [4.78, 5) is 8.15. The Bertz CT molecular complexity index is 593. The topological polar surface area (TPSA) is 59.9 Å². The van der Waals surface area contributed by atoms with Gasteiger partial charge in [0.25, 0.3) is 0 Å². The van der Waals surface area contributed by atoms with Crippen LogP contribution < -0.4 is 0 Å². The van der Waals surface area contributed by atoms with Gasteiger partial charge in [-0.1, -0.05) is 0 Å². The van der Waals surface area contributed by atoms with Crippen molar-refractivity contribution in [3.05, 3.63) is 36.2 Å². The number of hydrogen-bond acceptors (Lipinski definition) is 4. The molecule has 0 N–H and O–H groups in total. The second-order valence-corrected chi connectivity index (χ2v) is 5.60. The molecule has 2 rings (SSSR count). The summed E-state index contributed by atoms with van der Waals surface area (Å²) in [6, 6.07) is 5.46. The Kier molecular flexibility index (Phi) is 2.40. The molecular weight excluding hydrogens is 212 g/mol. The second-order valence-electron chi connectivity index (χ2n) is 3.46. The lowest BCUT2D eigenvalue weighted by atomic mass is 10.2. The summed E-state index contributed by atoms with van der Waals surface area (Å²) < 4.78 is 22.2. The maximum absolute atomic E-state index is 11.1. The molecule has 2 aromatic rings. The van der Waals surface area contributed by atoms with Crippen molar-refractivity contribution in [2.24, 2.45) is 0 Å². The molecule has 5 heteroatoms. The summed E-state index contributed by atoms with van der Waals surface area (Å²) in [6.45, 7) is 0. The zero-order valence-corrected chi connectivity index (χ0v) is 9.03. The summed E-state index contributed by atoms with van der Waals surface area (Å²) in [5.41, 5.74) is 1.33. The van der Waals surface area contributed by atoms with E-state index in [9.17, 15) is 8.42 Å². The van der Waals surface area contributed by atoms with E-state index < -0.39 is 9.84 Å². The molecule has 0 bridgehead atoms. The van der Waals surface area contributed by atoms with Gasteiger partial charge in [-0.25, -0.2) is 18.4 Å². The van der Waals surface area contributed by atoms with Crippen LogP contribution >= 0.6 is 0 Å². The van der Waals surface area contributed by atoms with Crippen molar-refractivity contribution >= 4 is 20.9 Å². The van der Waals surface area contributed by atoms with E-state index in [0.717, 1.165) is 5.39 Å². The van der Waals surface area contributed by atoms with Crippen LogP contribution in [0.4, 0.5) is 0 Å². The monoisotopic (exact) mass is 222 g/mol. The molecule has 2 heterocycles. The van der Waals surface area contributed by atoms with Crippen LogP contribution in [-0.2, 0) is 15.6 Å². The first-order valence-electron chi connectivity index (χ1n) is 4.42. The average Bonchev–Trinajstić information content (AvgIpc) is 2.15. The van der Waals surface area contributed by atoms with Gasteiger partial charge in [-0.15, -0.1) is 0 Å². The Morgan fingerprint density at radius 2 is 2.13 bits per heavy atom. The normalized spacial score (nSPS) is 11.8. The minimum atomic E-state index is -3.01. The first-order valence-corrected chi connectivity index (χ1v) is 6.48. The first-order chi connectivity index (χ1) is 7.04. The molecule has 0 aliphatic rings. The number of nitrogens with zero attached hydrogens (tertiary/aromatic N) is 2. The molecule has 0 amide bonds. The second kappa shape index (κ2) is 3.58. The Labute approximate surface area is 87.9 Å². The van der Waals surface area contributed by atoms with Crippen LogP contribution in [0.15, 0.2) is 30.6 Å². The molecule has 0 radical (unpaired) electrons. The molecule has 4 nitrogen and oxygen atoms in total. The highest BCUT2D eigenvalue weighted by atomic mass is 32.2. The van der Waals surface area contributed by atoms with Gasteiger partial charge in [0.1, 0.15) is 0 Å².